The molecule has 0 spiro atoms. The summed E-state index contributed by atoms with van der Waals surface area (Å²) in [6, 6.07) is 6.87. The molecule has 1 amide bonds. The number of carbonyl (C=O) groups is 1. The predicted octanol–water partition coefficient (Wildman–Crippen LogP) is 1.48. The first-order valence-corrected chi connectivity index (χ1v) is 10.2. The Labute approximate surface area is 153 Å². The van der Waals surface area contributed by atoms with Gasteiger partial charge in [-0.25, -0.2) is 13.4 Å². The first kappa shape index (κ1) is 18.6. The number of imidazole rings is 1. The molecule has 26 heavy (non-hydrogen) atoms. The summed E-state index contributed by atoms with van der Waals surface area (Å²) in [4.78, 5) is 19.5. The van der Waals surface area contributed by atoms with Crippen LogP contribution in [0.1, 0.15) is 24.1 Å². The maximum atomic E-state index is 12.7. The Morgan fingerprint density at radius 2 is 1.96 bits per heavy atom. The number of aromatic amines is 1. The maximum absolute atomic E-state index is 12.7. The molecule has 1 aliphatic rings. The summed E-state index contributed by atoms with van der Waals surface area (Å²) in [6.45, 7) is 3.21. The molecule has 0 aliphatic carbocycles. The topological polar surface area (TPSA) is 95.2 Å². The van der Waals surface area contributed by atoms with Gasteiger partial charge in [0.25, 0.3) is 0 Å². The normalized spacial score (nSPS) is 16.5. The molecule has 7 nitrogen and oxygen atoms in total. The zero-order valence-electron chi connectivity index (χ0n) is 14.8. The molecule has 2 N–H and O–H groups in total. The van der Waals surface area contributed by atoms with E-state index in [1.807, 2.05) is 6.92 Å². The highest BCUT2D eigenvalue weighted by molar-refractivity contribution is 7.89. The lowest BCUT2D eigenvalue weighted by Crippen LogP contribution is -2.43. The highest BCUT2D eigenvalue weighted by Crippen LogP contribution is 2.24. The van der Waals surface area contributed by atoms with E-state index in [1.54, 1.807) is 36.8 Å². The van der Waals surface area contributed by atoms with E-state index in [0.717, 1.165) is 11.3 Å². The van der Waals surface area contributed by atoms with Crippen LogP contribution in [0, 0.1) is 12.8 Å². The fourth-order valence-electron chi connectivity index (χ4n) is 3.10. The molecule has 1 aliphatic heterocycles. The first-order chi connectivity index (χ1) is 12.5. The van der Waals surface area contributed by atoms with E-state index >= 15 is 0 Å². The molecule has 0 atom stereocenters. The number of sulfonamides is 1. The average Bonchev–Trinajstić information content (AvgIpc) is 3.15. The first-order valence-electron chi connectivity index (χ1n) is 8.78. The largest absolute Gasteiger partial charge is 0.355 e. The smallest absolute Gasteiger partial charge is 0.243 e. The SMILES string of the molecule is Cc1ccc(S(=O)(=O)N2CCC(C(=O)NCCc3cnc[nH]3)CC2)cc1. The van der Waals surface area contributed by atoms with Gasteiger partial charge in [0.2, 0.25) is 15.9 Å². The monoisotopic (exact) mass is 376 g/mol. The molecule has 1 fully saturated rings. The Kier molecular flexibility index (Phi) is 5.73. The molecule has 140 valence electrons. The number of amides is 1. The van der Waals surface area contributed by atoms with Crippen molar-refractivity contribution in [2.75, 3.05) is 19.6 Å². The molecule has 0 bridgehead atoms. The molecule has 3 rings (SSSR count). The molecular formula is C18H24N4O3S. The molecule has 2 aromatic rings. The number of nitrogens with zero attached hydrogens (tertiary/aromatic N) is 2. The predicted molar refractivity (Wildman–Crippen MR) is 98.0 cm³/mol. The average molecular weight is 376 g/mol. The Balaban J connectivity index is 1.50. The van der Waals surface area contributed by atoms with Crippen molar-refractivity contribution in [3.63, 3.8) is 0 Å². The van der Waals surface area contributed by atoms with E-state index in [-0.39, 0.29) is 11.8 Å². The summed E-state index contributed by atoms with van der Waals surface area (Å²) in [5.41, 5.74) is 2.00. The van der Waals surface area contributed by atoms with Gasteiger partial charge in [-0.15, -0.1) is 0 Å². The summed E-state index contributed by atoms with van der Waals surface area (Å²) in [5.74, 6) is -0.141. The molecule has 2 heterocycles. The lowest BCUT2D eigenvalue weighted by molar-refractivity contribution is -0.126. The Morgan fingerprint density at radius 3 is 2.58 bits per heavy atom. The van der Waals surface area contributed by atoms with E-state index < -0.39 is 10.0 Å². The lowest BCUT2D eigenvalue weighted by atomic mass is 9.97. The van der Waals surface area contributed by atoms with Crippen LogP contribution >= 0.6 is 0 Å². The minimum atomic E-state index is -3.48. The number of rotatable bonds is 6. The van der Waals surface area contributed by atoms with E-state index in [9.17, 15) is 13.2 Å². The highest BCUT2D eigenvalue weighted by Gasteiger charge is 2.31. The molecule has 0 unspecified atom stereocenters. The molecule has 1 aromatic heterocycles. The van der Waals surface area contributed by atoms with Gasteiger partial charge in [-0.05, 0) is 31.9 Å². The number of aryl methyl sites for hydroxylation is 1. The van der Waals surface area contributed by atoms with Crippen molar-refractivity contribution in [2.45, 2.75) is 31.1 Å². The van der Waals surface area contributed by atoms with Crippen LogP contribution in [-0.2, 0) is 21.2 Å². The van der Waals surface area contributed by atoms with Gasteiger partial charge in [0.15, 0.2) is 0 Å². The molecule has 1 aromatic carbocycles. The second-order valence-corrected chi connectivity index (χ2v) is 8.55. The Morgan fingerprint density at radius 1 is 1.27 bits per heavy atom. The minimum absolute atomic E-state index is 0.00287. The summed E-state index contributed by atoms with van der Waals surface area (Å²) < 4.78 is 26.9. The number of H-pyrrole nitrogens is 1. The Bertz CT molecular complexity index is 824. The quantitative estimate of drug-likeness (QED) is 0.798. The van der Waals surface area contributed by atoms with Crippen molar-refractivity contribution in [3.05, 3.63) is 48.0 Å². The van der Waals surface area contributed by atoms with Gasteiger partial charge < -0.3 is 10.3 Å². The number of carbonyl (C=O) groups excluding carboxylic acids is 1. The Hall–Kier alpha value is -2.19. The number of benzene rings is 1. The molecular weight excluding hydrogens is 352 g/mol. The third kappa shape index (κ3) is 4.31. The second-order valence-electron chi connectivity index (χ2n) is 6.61. The van der Waals surface area contributed by atoms with Crippen molar-refractivity contribution in [2.24, 2.45) is 5.92 Å². The second kappa shape index (κ2) is 8.01. The van der Waals surface area contributed by atoms with Crippen LogP contribution in [0.25, 0.3) is 0 Å². The number of hydrogen-bond donors (Lipinski definition) is 2. The summed E-state index contributed by atoms with van der Waals surface area (Å²) in [7, 11) is -3.48. The number of hydrogen-bond acceptors (Lipinski definition) is 4. The van der Waals surface area contributed by atoms with Crippen molar-refractivity contribution in [3.8, 4) is 0 Å². The van der Waals surface area contributed by atoms with Gasteiger partial charge in [-0.1, -0.05) is 17.7 Å². The van der Waals surface area contributed by atoms with Crippen molar-refractivity contribution < 1.29 is 13.2 Å². The van der Waals surface area contributed by atoms with Crippen LogP contribution in [0.4, 0.5) is 0 Å². The van der Waals surface area contributed by atoms with Gasteiger partial charge in [0.1, 0.15) is 0 Å². The molecule has 0 radical (unpaired) electrons. The summed E-state index contributed by atoms with van der Waals surface area (Å²) in [6.07, 6.45) is 5.14. The van der Waals surface area contributed by atoms with E-state index in [4.69, 9.17) is 0 Å². The fourth-order valence-corrected chi connectivity index (χ4v) is 4.57. The van der Waals surface area contributed by atoms with Crippen molar-refractivity contribution >= 4 is 15.9 Å². The van der Waals surface area contributed by atoms with Crippen LogP contribution < -0.4 is 5.32 Å². The summed E-state index contributed by atoms with van der Waals surface area (Å²) in [5, 5.41) is 2.93. The van der Waals surface area contributed by atoms with Crippen LogP contribution in [0.2, 0.25) is 0 Å². The van der Waals surface area contributed by atoms with E-state index in [1.165, 1.54) is 4.31 Å². The van der Waals surface area contributed by atoms with Gasteiger partial charge >= 0.3 is 0 Å². The number of nitrogens with one attached hydrogen (secondary N) is 2. The minimum Gasteiger partial charge on any atom is -0.355 e. The number of piperidine rings is 1. The standard InChI is InChI=1S/C18H24N4O3S/c1-14-2-4-17(5-3-14)26(24,25)22-10-7-15(8-11-22)18(23)20-9-6-16-12-19-13-21-16/h2-5,12-13,15H,6-11H2,1H3,(H,19,21)(H,20,23). The molecule has 1 saturated heterocycles. The van der Waals surface area contributed by atoms with Gasteiger partial charge in [0.05, 0.1) is 11.2 Å². The number of aromatic nitrogens is 2. The van der Waals surface area contributed by atoms with Gasteiger partial charge in [-0.3, -0.25) is 4.79 Å². The fraction of sp³-hybridized carbons (Fsp3) is 0.444. The third-order valence-corrected chi connectivity index (χ3v) is 6.64. The van der Waals surface area contributed by atoms with Crippen molar-refractivity contribution in [1.29, 1.82) is 0 Å². The van der Waals surface area contributed by atoms with E-state index in [2.05, 4.69) is 15.3 Å². The molecule has 0 saturated carbocycles. The summed E-state index contributed by atoms with van der Waals surface area (Å²) >= 11 is 0. The van der Waals surface area contributed by atoms with Crippen LogP contribution in [0.15, 0.2) is 41.7 Å². The third-order valence-electron chi connectivity index (χ3n) is 4.73. The lowest BCUT2D eigenvalue weighted by Gasteiger charge is -2.30. The van der Waals surface area contributed by atoms with Crippen LogP contribution in [-0.4, -0.2) is 48.2 Å². The maximum Gasteiger partial charge on any atom is 0.243 e. The van der Waals surface area contributed by atoms with Gasteiger partial charge in [0, 0.05) is 43.9 Å². The van der Waals surface area contributed by atoms with Crippen LogP contribution in [0.3, 0.4) is 0 Å². The zero-order valence-corrected chi connectivity index (χ0v) is 15.6. The molecule has 8 heteroatoms. The van der Waals surface area contributed by atoms with Crippen molar-refractivity contribution in [1.82, 2.24) is 19.6 Å². The van der Waals surface area contributed by atoms with Gasteiger partial charge in [-0.2, -0.15) is 4.31 Å². The highest BCUT2D eigenvalue weighted by atomic mass is 32.2. The van der Waals surface area contributed by atoms with Crippen LogP contribution in [0.5, 0.6) is 0 Å². The van der Waals surface area contributed by atoms with E-state index in [0.29, 0.717) is 43.8 Å². The zero-order chi connectivity index (χ0) is 18.6.